The highest BCUT2D eigenvalue weighted by atomic mass is 16.3. The summed E-state index contributed by atoms with van der Waals surface area (Å²) in [5.74, 6) is 0.306. The normalized spacial score (nSPS) is 12.7. The van der Waals surface area contributed by atoms with Gasteiger partial charge in [-0.3, -0.25) is 14.3 Å². The van der Waals surface area contributed by atoms with Gasteiger partial charge in [0.1, 0.15) is 5.75 Å². The van der Waals surface area contributed by atoms with E-state index in [-0.39, 0.29) is 29.4 Å². The number of phenols is 1. The minimum Gasteiger partial charge on any atom is -0.508 e. The van der Waals surface area contributed by atoms with Crippen LogP contribution in [0.1, 0.15) is 12.5 Å². The Kier molecular flexibility index (Phi) is 4.59. The molecule has 0 saturated heterocycles. The Balaban J connectivity index is 2.04. The number of aromatic hydroxyl groups is 1. The molecule has 0 radical (unpaired) electrons. The SMILES string of the molecule is C[C@@H](O)Cn1c(N/N=C\c2cccc(O)c2)nc2c1c(=O)[nH]c(=O)n2C. The maximum Gasteiger partial charge on any atom is 0.329 e. The summed E-state index contributed by atoms with van der Waals surface area (Å²) in [4.78, 5) is 30.4. The van der Waals surface area contributed by atoms with Crippen LogP contribution in [0.15, 0.2) is 39.0 Å². The van der Waals surface area contributed by atoms with Crippen LogP contribution in [0.25, 0.3) is 11.2 Å². The molecule has 26 heavy (non-hydrogen) atoms. The molecule has 0 fully saturated rings. The van der Waals surface area contributed by atoms with Crippen LogP contribution in [0.3, 0.4) is 0 Å². The third-order valence-electron chi connectivity index (χ3n) is 3.70. The van der Waals surface area contributed by atoms with Crippen molar-refractivity contribution in [3.8, 4) is 5.75 Å². The van der Waals surface area contributed by atoms with E-state index in [0.29, 0.717) is 5.56 Å². The molecule has 0 amide bonds. The van der Waals surface area contributed by atoms with Gasteiger partial charge in [0.2, 0.25) is 5.95 Å². The van der Waals surface area contributed by atoms with Crippen molar-refractivity contribution in [3.05, 3.63) is 50.7 Å². The van der Waals surface area contributed by atoms with Gasteiger partial charge in [0, 0.05) is 7.05 Å². The summed E-state index contributed by atoms with van der Waals surface area (Å²) in [5, 5.41) is 23.2. The lowest BCUT2D eigenvalue weighted by atomic mass is 10.2. The van der Waals surface area contributed by atoms with Gasteiger partial charge in [0.25, 0.3) is 5.56 Å². The Morgan fingerprint density at radius 2 is 2.19 bits per heavy atom. The Morgan fingerprint density at radius 1 is 1.42 bits per heavy atom. The van der Waals surface area contributed by atoms with Crippen LogP contribution in [0.4, 0.5) is 5.95 Å². The molecule has 0 spiro atoms. The summed E-state index contributed by atoms with van der Waals surface area (Å²) < 4.78 is 2.66. The molecule has 0 bridgehead atoms. The van der Waals surface area contributed by atoms with Gasteiger partial charge >= 0.3 is 5.69 Å². The number of aliphatic hydroxyl groups is 1. The number of benzene rings is 1. The molecule has 2 aromatic heterocycles. The first-order chi connectivity index (χ1) is 12.4. The first kappa shape index (κ1) is 17.4. The number of H-pyrrole nitrogens is 1. The molecule has 0 aliphatic rings. The number of aromatic nitrogens is 4. The smallest absolute Gasteiger partial charge is 0.329 e. The summed E-state index contributed by atoms with van der Waals surface area (Å²) >= 11 is 0. The van der Waals surface area contributed by atoms with E-state index in [2.05, 4.69) is 20.5 Å². The second-order valence-electron chi connectivity index (χ2n) is 5.85. The minimum atomic E-state index is -0.750. The van der Waals surface area contributed by atoms with E-state index in [1.165, 1.54) is 28.5 Å². The van der Waals surface area contributed by atoms with Gasteiger partial charge in [-0.25, -0.2) is 10.2 Å². The van der Waals surface area contributed by atoms with E-state index in [1.54, 1.807) is 25.1 Å². The van der Waals surface area contributed by atoms with Gasteiger partial charge < -0.3 is 14.8 Å². The number of hydrogen-bond donors (Lipinski definition) is 4. The number of phenolic OH excluding ortho intramolecular Hbond substituents is 1. The van der Waals surface area contributed by atoms with Crippen LogP contribution in [0.5, 0.6) is 5.75 Å². The van der Waals surface area contributed by atoms with Crippen LogP contribution in [-0.4, -0.2) is 41.6 Å². The van der Waals surface area contributed by atoms with Crippen LogP contribution in [0, 0.1) is 0 Å². The fourth-order valence-corrected chi connectivity index (χ4v) is 2.53. The van der Waals surface area contributed by atoms with Crippen molar-refractivity contribution in [3.63, 3.8) is 0 Å². The first-order valence-electron chi connectivity index (χ1n) is 7.82. The largest absolute Gasteiger partial charge is 0.508 e. The molecule has 0 aliphatic heterocycles. The highest BCUT2D eigenvalue weighted by Gasteiger charge is 2.18. The van der Waals surface area contributed by atoms with Crippen LogP contribution >= 0.6 is 0 Å². The number of hydrogen-bond acceptors (Lipinski definition) is 7. The van der Waals surface area contributed by atoms with E-state index in [1.807, 2.05) is 0 Å². The van der Waals surface area contributed by atoms with Gasteiger partial charge in [-0.05, 0) is 24.6 Å². The summed E-state index contributed by atoms with van der Waals surface area (Å²) in [6, 6.07) is 6.49. The molecular formula is C16H18N6O4. The number of aromatic amines is 1. The van der Waals surface area contributed by atoms with Crippen molar-refractivity contribution in [2.24, 2.45) is 12.1 Å². The zero-order valence-electron chi connectivity index (χ0n) is 14.2. The Bertz CT molecular complexity index is 1090. The molecule has 0 unspecified atom stereocenters. The lowest BCUT2D eigenvalue weighted by Gasteiger charge is -2.09. The molecule has 4 N–H and O–H groups in total. The molecule has 10 heteroatoms. The van der Waals surface area contributed by atoms with E-state index in [9.17, 15) is 19.8 Å². The fraction of sp³-hybridized carbons (Fsp3) is 0.250. The van der Waals surface area contributed by atoms with Crippen molar-refractivity contribution in [2.75, 3.05) is 5.43 Å². The second-order valence-corrected chi connectivity index (χ2v) is 5.85. The number of nitrogens with one attached hydrogen (secondary N) is 2. The lowest BCUT2D eigenvalue weighted by molar-refractivity contribution is 0.175. The predicted molar refractivity (Wildman–Crippen MR) is 96.6 cm³/mol. The number of imidazole rings is 1. The zero-order valence-corrected chi connectivity index (χ0v) is 14.2. The number of aryl methyl sites for hydroxylation is 1. The third-order valence-corrected chi connectivity index (χ3v) is 3.70. The predicted octanol–water partition coefficient (Wildman–Crippen LogP) is -0.0443. The molecule has 0 saturated carbocycles. The fourth-order valence-electron chi connectivity index (χ4n) is 2.53. The van der Waals surface area contributed by atoms with Gasteiger partial charge in [0.05, 0.1) is 18.9 Å². The quantitative estimate of drug-likeness (QED) is 0.373. The topological polar surface area (TPSA) is 138 Å². The van der Waals surface area contributed by atoms with Gasteiger partial charge in [-0.2, -0.15) is 10.1 Å². The van der Waals surface area contributed by atoms with Crippen molar-refractivity contribution >= 4 is 23.3 Å². The van der Waals surface area contributed by atoms with E-state index < -0.39 is 17.4 Å². The van der Waals surface area contributed by atoms with Crippen molar-refractivity contribution < 1.29 is 10.2 Å². The average molecular weight is 358 g/mol. The van der Waals surface area contributed by atoms with Crippen molar-refractivity contribution in [2.45, 2.75) is 19.6 Å². The van der Waals surface area contributed by atoms with Crippen LogP contribution in [0.2, 0.25) is 0 Å². The molecule has 136 valence electrons. The second kappa shape index (κ2) is 6.84. The Morgan fingerprint density at radius 3 is 2.88 bits per heavy atom. The van der Waals surface area contributed by atoms with Crippen LogP contribution in [-0.2, 0) is 13.6 Å². The standard InChI is InChI=1S/C16H18N6O4/c1-9(23)8-22-12-13(21(2)16(26)19-14(12)25)18-15(22)20-17-7-10-4-3-5-11(24)6-10/h3-7,9,23-24H,8H2,1-2H3,(H,18,20)(H,19,25,26)/b17-7-/t9-/m1/s1. The molecule has 3 aromatic rings. The molecular weight excluding hydrogens is 340 g/mol. The summed E-state index contributed by atoms with van der Waals surface area (Å²) in [7, 11) is 1.49. The Labute approximate surface area is 147 Å². The summed E-state index contributed by atoms with van der Waals surface area (Å²) in [6.45, 7) is 1.66. The van der Waals surface area contributed by atoms with E-state index in [4.69, 9.17) is 0 Å². The van der Waals surface area contributed by atoms with E-state index in [0.717, 1.165) is 0 Å². The van der Waals surface area contributed by atoms with Gasteiger partial charge in [-0.15, -0.1) is 0 Å². The number of hydrazone groups is 1. The van der Waals surface area contributed by atoms with Gasteiger partial charge in [-0.1, -0.05) is 12.1 Å². The highest BCUT2D eigenvalue weighted by Crippen LogP contribution is 2.16. The maximum atomic E-state index is 12.2. The van der Waals surface area contributed by atoms with Crippen molar-refractivity contribution in [1.82, 2.24) is 19.1 Å². The average Bonchev–Trinajstić information content (AvgIpc) is 2.91. The summed E-state index contributed by atoms with van der Waals surface area (Å²) in [5.41, 5.74) is 2.51. The maximum absolute atomic E-state index is 12.2. The molecule has 1 atom stereocenters. The third kappa shape index (κ3) is 3.35. The molecule has 10 nitrogen and oxygen atoms in total. The number of anilines is 1. The van der Waals surface area contributed by atoms with Crippen LogP contribution < -0.4 is 16.7 Å². The summed E-state index contributed by atoms with van der Waals surface area (Å²) in [6.07, 6.45) is 0.717. The monoisotopic (exact) mass is 358 g/mol. The highest BCUT2D eigenvalue weighted by molar-refractivity contribution is 5.81. The zero-order chi connectivity index (χ0) is 18.8. The van der Waals surface area contributed by atoms with Crippen molar-refractivity contribution in [1.29, 1.82) is 0 Å². The number of rotatable bonds is 5. The Hall–Kier alpha value is -3.40. The number of fused-ring (bicyclic) bond motifs is 1. The molecule has 2 heterocycles. The lowest BCUT2D eigenvalue weighted by Crippen LogP contribution is -2.29. The minimum absolute atomic E-state index is 0.0851. The molecule has 0 aliphatic carbocycles. The molecule has 1 aromatic carbocycles. The first-order valence-corrected chi connectivity index (χ1v) is 7.82. The number of nitrogens with zero attached hydrogens (tertiary/aromatic N) is 4. The van der Waals surface area contributed by atoms with E-state index >= 15 is 0 Å². The van der Waals surface area contributed by atoms with Gasteiger partial charge in [0.15, 0.2) is 11.2 Å². The number of aliphatic hydroxyl groups excluding tert-OH is 1. The molecule has 3 rings (SSSR count).